The first-order valence-corrected chi connectivity index (χ1v) is 19.1. The van der Waals surface area contributed by atoms with Crippen LogP contribution in [0.25, 0.3) is 12.2 Å². The molecule has 5 rings (SSSR count). The molecule has 3 fully saturated rings. The van der Waals surface area contributed by atoms with Crippen molar-refractivity contribution in [2.45, 2.75) is 45.8 Å². The van der Waals surface area contributed by atoms with Crippen LogP contribution < -0.4 is 0 Å². The molecule has 3 aliphatic rings. The average molecular weight is 717 g/mol. The van der Waals surface area contributed by atoms with E-state index in [9.17, 15) is 19.8 Å². The van der Waals surface area contributed by atoms with E-state index in [0.717, 1.165) is 65.4 Å². The van der Waals surface area contributed by atoms with Gasteiger partial charge in [0.25, 0.3) is 0 Å². The van der Waals surface area contributed by atoms with Crippen molar-refractivity contribution in [2.75, 3.05) is 91.8 Å². The molecule has 2 heterocycles. The molecule has 2 saturated heterocycles. The number of nitrogens with zero attached hydrogens (tertiary/aromatic N) is 4. The second kappa shape index (κ2) is 19.1. The average Bonchev–Trinajstić information content (AvgIpc) is 3.40. The minimum absolute atomic E-state index is 0.0720. The lowest BCUT2D eigenvalue weighted by Gasteiger charge is -2.39. The van der Waals surface area contributed by atoms with E-state index < -0.39 is 34.9 Å². The van der Waals surface area contributed by atoms with E-state index in [0.29, 0.717) is 25.9 Å². The predicted molar refractivity (Wildman–Crippen MR) is 205 cm³/mol. The first-order valence-electron chi connectivity index (χ1n) is 19.1. The van der Waals surface area contributed by atoms with Crippen molar-refractivity contribution >= 4 is 24.1 Å². The number of hydrogen-bond donors (Lipinski definition) is 2. The molecule has 1 aliphatic carbocycles. The van der Waals surface area contributed by atoms with E-state index in [2.05, 4.69) is 68.2 Å². The molecule has 52 heavy (non-hydrogen) atoms. The third kappa shape index (κ3) is 11.1. The van der Waals surface area contributed by atoms with Crippen molar-refractivity contribution in [3.8, 4) is 0 Å². The van der Waals surface area contributed by atoms with Crippen LogP contribution in [0.1, 0.15) is 44.7 Å². The molecule has 10 nitrogen and oxygen atoms in total. The third-order valence-corrected chi connectivity index (χ3v) is 11.6. The van der Waals surface area contributed by atoms with Crippen molar-refractivity contribution < 1.29 is 29.3 Å². The number of rotatable bonds is 16. The Morgan fingerprint density at radius 3 is 1.58 bits per heavy atom. The van der Waals surface area contributed by atoms with E-state index in [-0.39, 0.29) is 19.2 Å². The van der Waals surface area contributed by atoms with Crippen LogP contribution in [0.3, 0.4) is 0 Å². The highest BCUT2D eigenvalue weighted by atomic mass is 16.5. The molecule has 4 unspecified atom stereocenters. The first kappa shape index (κ1) is 39.8. The Bertz CT molecular complexity index is 1450. The topological polar surface area (TPSA) is 106 Å². The van der Waals surface area contributed by atoms with Crippen LogP contribution in [0, 0.1) is 16.7 Å². The Kier molecular flexibility index (Phi) is 14.6. The molecule has 2 aromatic rings. The van der Waals surface area contributed by atoms with Gasteiger partial charge in [-0.15, -0.1) is 0 Å². The molecule has 0 spiro atoms. The maximum absolute atomic E-state index is 13.5. The highest BCUT2D eigenvalue weighted by Crippen LogP contribution is 2.57. The Morgan fingerprint density at radius 2 is 1.12 bits per heavy atom. The SMILES string of the molecule is CC1(C(=O)OCC(O)CN2CCN(C/C=C\c3ccccc3)CC2)CCC(C(=O)OCC(O)CN2CCN(C/C=C\c3ccccc3)CC2)C1(C)C. The summed E-state index contributed by atoms with van der Waals surface area (Å²) in [7, 11) is 0. The minimum Gasteiger partial charge on any atom is -0.463 e. The fourth-order valence-electron chi connectivity index (χ4n) is 7.70. The molecular weight excluding hydrogens is 656 g/mol. The Labute approximate surface area is 310 Å². The van der Waals surface area contributed by atoms with Crippen LogP contribution in [-0.2, 0) is 19.1 Å². The number of hydrogen-bond acceptors (Lipinski definition) is 10. The van der Waals surface area contributed by atoms with Crippen molar-refractivity contribution in [3.63, 3.8) is 0 Å². The smallest absolute Gasteiger partial charge is 0.312 e. The minimum atomic E-state index is -0.899. The molecule has 0 amide bonds. The van der Waals surface area contributed by atoms with Gasteiger partial charge in [-0.2, -0.15) is 0 Å². The summed E-state index contributed by atoms with van der Waals surface area (Å²) in [6.45, 7) is 15.3. The van der Waals surface area contributed by atoms with Gasteiger partial charge in [-0.25, -0.2) is 0 Å². The number of ether oxygens (including phenoxy) is 2. The molecule has 0 bridgehead atoms. The number of carbonyl (C=O) groups is 2. The molecule has 4 atom stereocenters. The fourth-order valence-corrected chi connectivity index (χ4v) is 7.70. The van der Waals surface area contributed by atoms with Crippen molar-refractivity contribution in [2.24, 2.45) is 16.7 Å². The standard InChI is InChI=1S/C42H60N4O6/c1-41(2)38(39(49)51-32-36(47)30-45-26-22-43(23-27-45)20-10-16-34-12-6-4-7-13-34)18-19-42(41,3)40(50)52-33-37(48)31-46-28-24-44(25-29-46)21-11-17-35-14-8-5-9-15-35/h4-17,36-38,47-48H,18-33H2,1-3H3/b16-10-,17-11-. The second-order valence-electron chi connectivity index (χ2n) is 15.5. The van der Waals surface area contributed by atoms with Crippen LogP contribution in [0.5, 0.6) is 0 Å². The molecule has 0 radical (unpaired) electrons. The van der Waals surface area contributed by atoms with Gasteiger partial charge in [0, 0.05) is 78.5 Å². The van der Waals surface area contributed by atoms with E-state index in [1.54, 1.807) is 0 Å². The summed E-state index contributed by atoms with van der Waals surface area (Å²) in [5.41, 5.74) is 0.774. The van der Waals surface area contributed by atoms with Gasteiger partial charge in [0.2, 0.25) is 0 Å². The molecule has 0 aromatic heterocycles. The summed E-state index contributed by atoms with van der Waals surface area (Å²) in [5.74, 6) is -1.27. The number of β-amino-alcohol motifs (C(OH)–C–C–N with tert-alkyl or cyclic N) is 2. The number of piperazine rings is 2. The molecule has 1 saturated carbocycles. The van der Waals surface area contributed by atoms with Crippen LogP contribution >= 0.6 is 0 Å². The summed E-state index contributed by atoms with van der Waals surface area (Å²) in [6.07, 6.45) is 8.08. The van der Waals surface area contributed by atoms with Crippen molar-refractivity contribution in [1.29, 1.82) is 0 Å². The summed E-state index contributed by atoms with van der Waals surface area (Å²) in [4.78, 5) is 36.0. The maximum atomic E-state index is 13.5. The highest BCUT2D eigenvalue weighted by Gasteiger charge is 2.59. The molecule has 2 N–H and O–H groups in total. The second-order valence-corrected chi connectivity index (χ2v) is 15.5. The summed E-state index contributed by atoms with van der Waals surface area (Å²) >= 11 is 0. The zero-order valence-electron chi connectivity index (χ0n) is 31.4. The number of aliphatic hydroxyl groups is 2. The molecule has 10 heteroatoms. The lowest BCUT2D eigenvalue weighted by Crippen LogP contribution is -2.49. The van der Waals surface area contributed by atoms with E-state index >= 15 is 0 Å². The van der Waals surface area contributed by atoms with Gasteiger partial charge in [-0.05, 0) is 36.3 Å². The predicted octanol–water partition coefficient (Wildman–Crippen LogP) is 3.90. The summed E-state index contributed by atoms with van der Waals surface area (Å²) in [6, 6.07) is 20.5. The molecule has 2 aliphatic heterocycles. The normalized spacial score (nSPS) is 24.7. The number of esters is 2. The fraction of sp³-hybridized carbons (Fsp3) is 0.571. The van der Waals surface area contributed by atoms with E-state index in [1.807, 2.05) is 57.2 Å². The van der Waals surface area contributed by atoms with Gasteiger partial charge in [0.15, 0.2) is 0 Å². The quantitative estimate of drug-likeness (QED) is 0.249. The Morgan fingerprint density at radius 1 is 0.692 bits per heavy atom. The Hall–Kier alpha value is -3.38. The molecular formula is C42H60N4O6. The van der Waals surface area contributed by atoms with Gasteiger partial charge in [0.1, 0.15) is 25.4 Å². The third-order valence-electron chi connectivity index (χ3n) is 11.6. The van der Waals surface area contributed by atoms with Gasteiger partial charge in [0.05, 0.1) is 11.3 Å². The summed E-state index contributed by atoms with van der Waals surface area (Å²) < 4.78 is 11.4. The van der Waals surface area contributed by atoms with Gasteiger partial charge >= 0.3 is 11.9 Å². The van der Waals surface area contributed by atoms with Crippen LogP contribution in [0.15, 0.2) is 72.8 Å². The zero-order chi connectivity index (χ0) is 37.0. The first-order chi connectivity index (χ1) is 25.0. The zero-order valence-corrected chi connectivity index (χ0v) is 31.4. The lowest BCUT2D eigenvalue weighted by atomic mass is 9.65. The number of benzene rings is 2. The van der Waals surface area contributed by atoms with Crippen LogP contribution in [0.2, 0.25) is 0 Å². The maximum Gasteiger partial charge on any atom is 0.312 e. The monoisotopic (exact) mass is 716 g/mol. The van der Waals surface area contributed by atoms with Crippen LogP contribution in [0.4, 0.5) is 0 Å². The number of carbonyl (C=O) groups excluding carboxylic acids is 2. The Balaban J connectivity index is 0.966. The highest BCUT2D eigenvalue weighted by molar-refractivity contribution is 5.82. The molecule has 284 valence electrons. The van der Waals surface area contributed by atoms with E-state index in [1.165, 1.54) is 11.1 Å². The largest absolute Gasteiger partial charge is 0.463 e. The van der Waals surface area contributed by atoms with Crippen molar-refractivity contribution in [1.82, 2.24) is 19.6 Å². The number of aliphatic hydroxyl groups excluding tert-OH is 2. The summed E-state index contributed by atoms with van der Waals surface area (Å²) in [5, 5.41) is 21.5. The van der Waals surface area contributed by atoms with Gasteiger partial charge in [-0.3, -0.25) is 29.2 Å². The van der Waals surface area contributed by atoms with E-state index in [4.69, 9.17) is 9.47 Å². The van der Waals surface area contributed by atoms with Crippen molar-refractivity contribution in [3.05, 3.63) is 83.9 Å². The van der Waals surface area contributed by atoms with Crippen LogP contribution in [-0.4, -0.2) is 146 Å². The molecule has 2 aromatic carbocycles. The lowest BCUT2D eigenvalue weighted by molar-refractivity contribution is -0.168. The van der Waals surface area contributed by atoms with Gasteiger partial charge in [-0.1, -0.05) is 98.8 Å². The van der Waals surface area contributed by atoms with Gasteiger partial charge < -0.3 is 19.7 Å².